The number of rotatable bonds is 2. The van der Waals surface area contributed by atoms with E-state index in [0.29, 0.717) is 10.5 Å². The highest BCUT2D eigenvalue weighted by Gasteiger charge is 2.16. The third-order valence-corrected chi connectivity index (χ3v) is 8.46. The fourth-order valence-corrected chi connectivity index (χ4v) is 6.25. The first-order chi connectivity index (χ1) is 15.7. The quantitative estimate of drug-likeness (QED) is 0.298. The van der Waals surface area contributed by atoms with Crippen molar-refractivity contribution in [2.45, 2.75) is 23.3 Å². The van der Waals surface area contributed by atoms with Crippen LogP contribution in [0, 0.1) is 0 Å². The summed E-state index contributed by atoms with van der Waals surface area (Å²) in [6.45, 7) is 0. The molecule has 0 spiro atoms. The molecule has 0 radical (unpaired) electrons. The Morgan fingerprint density at radius 2 is 0.875 bits per heavy atom. The molecule has 0 N–H and O–H groups in total. The molecule has 0 heterocycles. The van der Waals surface area contributed by atoms with E-state index in [-0.39, 0.29) is 0 Å². The van der Waals surface area contributed by atoms with Gasteiger partial charge < -0.3 is 0 Å². The zero-order valence-electron chi connectivity index (χ0n) is 18.6. The maximum atomic E-state index is 2.40. The van der Waals surface area contributed by atoms with E-state index in [1.807, 2.05) is 23.5 Å². The summed E-state index contributed by atoms with van der Waals surface area (Å²) in [5.74, 6) is 0. The first-order valence-corrected chi connectivity index (χ1v) is 13.8. The first kappa shape index (κ1) is 21.4. The number of benzene rings is 4. The molecule has 0 saturated carbocycles. The molecule has 0 amide bonds. The second-order valence-electron chi connectivity index (χ2n) is 8.51. The minimum absolute atomic E-state index is 0.437. The highest BCUT2D eigenvalue weighted by molar-refractivity contribution is 7.99. The Hall–Kier alpha value is -2.42. The Balaban J connectivity index is 1.68. The van der Waals surface area contributed by atoms with Crippen LogP contribution in [0.3, 0.4) is 0 Å². The van der Waals surface area contributed by atoms with Crippen LogP contribution in [0.15, 0.2) is 97.1 Å². The van der Waals surface area contributed by atoms with E-state index in [2.05, 4.69) is 110 Å². The zero-order valence-corrected chi connectivity index (χ0v) is 20.3. The molecule has 0 fully saturated rings. The summed E-state index contributed by atoms with van der Waals surface area (Å²) in [5.41, 5.74) is 10.8. The molecule has 2 unspecified atom stereocenters. The van der Waals surface area contributed by atoms with Gasteiger partial charge in [-0.3, -0.25) is 0 Å². The molecule has 8 bridgehead atoms. The monoisotopic (exact) mass is 452 g/mol. The van der Waals surface area contributed by atoms with Crippen LogP contribution in [0.25, 0.3) is 22.3 Å². The number of fused-ring (bicyclic) bond motifs is 10. The highest BCUT2D eigenvalue weighted by atomic mass is 32.2. The van der Waals surface area contributed by atoms with Crippen LogP contribution in [-0.2, 0) is 12.8 Å². The molecular formula is C30H28S2. The number of hydrogen-bond acceptors (Lipinski definition) is 2. The van der Waals surface area contributed by atoms with Gasteiger partial charge in [0, 0.05) is 10.5 Å². The summed E-state index contributed by atoms with van der Waals surface area (Å²) in [7, 11) is 0. The molecule has 0 aromatic heterocycles. The van der Waals surface area contributed by atoms with Crippen LogP contribution in [0.2, 0.25) is 0 Å². The maximum Gasteiger partial charge on any atom is 0.0335 e. The van der Waals surface area contributed by atoms with Crippen molar-refractivity contribution >= 4 is 23.5 Å². The zero-order chi connectivity index (χ0) is 21.9. The van der Waals surface area contributed by atoms with E-state index in [4.69, 9.17) is 0 Å². The van der Waals surface area contributed by atoms with Gasteiger partial charge in [0.1, 0.15) is 0 Å². The molecule has 4 aromatic rings. The van der Waals surface area contributed by atoms with Crippen LogP contribution in [0.1, 0.15) is 32.8 Å². The SMILES string of the molecule is CSC1Cc2cccc(c2)-c2cccc(c2)CC(SC)c2cccc(c2)-c2cccc1c2. The predicted molar refractivity (Wildman–Crippen MR) is 144 cm³/mol. The van der Waals surface area contributed by atoms with Gasteiger partial charge in [-0.25, -0.2) is 0 Å². The third kappa shape index (κ3) is 4.53. The Bertz CT molecular complexity index is 1130. The van der Waals surface area contributed by atoms with Gasteiger partial charge in [0.2, 0.25) is 0 Å². The van der Waals surface area contributed by atoms with Gasteiger partial charge in [0.05, 0.1) is 0 Å². The van der Waals surface area contributed by atoms with Gasteiger partial charge in [0.15, 0.2) is 0 Å². The fourth-order valence-electron chi connectivity index (χ4n) is 4.70. The van der Waals surface area contributed by atoms with Crippen molar-refractivity contribution in [3.8, 4) is 22.3 Å². The van der Waals surface area contributed by atoms with E-state index in [1.54, 1.807) is 0 Å². The Labute approximate surface area is 200 Å². The summed E-state index contributed by atoms with van der Waals surface area (Å²) >= 11 is 3.88. The second-order valence-corrected chi connectivity index (χ2v) is 10.6. The molecule has 0 saturated heterocycles. The summed E-state index contributed by atoms with van der Waals surface area (Å²) in [6.07, 6.45) is 6.53. The Morgan fingerprint density at radius 3 is 1.28 bits per heavy atom. The van der Waals surface area contributed by atoms with Crippen LogP contribution in [0.5, 0.6) is 0 Å². The van der Waals surface area contributed by atoms with Gasteiger partial charge in [-0.1, -0.05) is 97.1 Å². The molecule has 0 aliphatic heterocycles. The van der Waals surface area contributed by atoms with Gasteiger partial charge >= 0.3 is 0 Å². The predicted octanol–water partition coefficient (Wildman–Crippen LogP) is 8.63. The third-order valence-electron chi connectivity index (χ3n) is 6.45. The first-order valence-electron chi connectivity index (χ1n) is 11.2. The molecule has 1 aliphatic rings. The summed E-state index contributed by atoms with van der Waals surface area (Å²) in [4.78, 5) is 0. The molecular weight excluding hydrogens is 424 g/mol. The minimum atomic E-state index is 0.437. The topological polar surface area (TPSA) is 0 Å². The lowest BCUT2D eigenvalue weighted by Crippen LogP contribution is -2.01. The normalized spacial score (nSPS) is 17.7. The van der Waals surface area contributed by atoms with E-state index in [9.17, 15) is 0 Å². The molecule has 5 rings (SSSR count). The van der Waals surface area contributed by atoms with E-state index in [1.165, 1.54) is 44.5 Å². The van der Waals surface area contributed by atoms with Crippen molar-refractivity contribution in [2.24, 2.45) is 0 Å². The molecule has 2 atom stereocenters. The largest absolute Gasteiger partial charge is 0.157 e. The van der Waals surface area contributed by atoms with Gasteiger partial charge in [-0.15, -0.1) is 0 Å². The van der Waals surface area contributed by atoms with Crippen LogP contribution in [-0.4, -0.2) is 12.5 Å². The standard InChI is InChI=1S/C30H28S2/c1-31-29-17-21-7-3-9-23(15-21)24-10-4-8-22(16-24)18-30(32-2)28-14-6-12-26(20-28)25-11-5-13-27(29)19-25/h3-16,19-20,29-30H,17-18H2,1-2H3. The lowest BCUT2D eigenvalue weighted by Gasteiger charge is -2.19. The van der Waals surface area contributed by atoms with Crippen molar-refractivity contribution in [1.82, 2.24) is 0 Å². The van der Waals surface area contributed by atoms with Crippen LogP contribution in [0.4, 0.5) is 0 Å². The van der Waals surface area contributed by atoms with E-state index < -0.39 is 0 Å². The average molecular weight is 453 g/mol. The number of hydrogen-bond donors (Lipinski definition) is 0. The molecule has 4 aromatic carbocycles. The number of thioether (sulfide) groups is 2. The van der Waals surface area contributed by atoms with Crippen molar-refractivity contribution in [3.63, 3.8) is 0 Å². The minimum Gasteiger partial charge on any atom is -0.157 e. The summed E-state index contributed by atoms with van der Waals surface area (Å²) < 4.78 is 0. The molecule has 160 valence electrons. The molecule has 0 nitrogen and oxygen atoms in total. The van der Waals surface area contributed by atoms with Crippen molar-refractivity contribution < 1.29 is 0 Å². The maximum absolute atomic E-state index is 2.40. The second kappa shape index (κ2) is 9.60. The van der Waals surface area contributed by atoms with Gasteiger partial charge in [-0.05, 0) is 69.9 Å². The van der Waals surface area contributed by atoms with E-state index in [0.717, 1.165) is 12.8 Å². The van der Waals surface area contributed by atoms with E-state index >= 15 is 0 Å². The smallest absolute Gasteiger partial charge is 0.0335 e. The van der Waals surface area contributed by atoms with Crippen molar-refractivity contribution in [1.29, 1.82) is 0 Å². The molecule has 2 heteroatoms. The Morgan fingerprint density at radius 1 is 0.500 bits per heavy atom. The van der Waals surface area contributed by atoms with Crippen molar-refractivity contribution in [2.75, 3.05) is 12.5 Å². The lowest BCUT2D eigenvalue weighted by molar-refractivity contribution is 0.931. The molecule has 1 aliphatic carbocycles. The van der Waals surface area contributed by atoms with Gasteiger partial charge in [-0.2, -0.15) is 23.5 Å². The Kier molecular flexibility index (Phi) is 6.43. The van der Waals surface area contributed by atoms with Crippen LogP contribution < -0.4 is 0 Å². The summed E-state index contributed by atoms with van der Waals surface area (Å²) in [6, 6.07) is 36.5. The average Bonchev–Trinajstić information content (AvgIpc) is 2.86. The van der Waals surface area contributed by atoms with Crippen LogP contribution >= 0.6 is 23.5 Å². The lowest BCUT2D eigenvalue weighted by atomic mass is 9.93. The van der Waals surface area contributed by atoms with Gasteiger partial charge in [0.25, 0.3) is 0 Å². The highest BCUT2D eigenvalue weighted by Crippen LogP contribution is 2.37. The van der Waals surface area contributed by atoms with Crippen molar-refractivity contribution in [3.05, 3.63) is 119 Å². The molecule has 32 heavy (non-hydrogen) atoms. The summed E-state index contributed by atoms with van der Waals surface area (Å²) in [5, 5.41) is 0.873. The fraction of sp³-hybridized carbons (Fsp3) is 0.200.